The van der Waals surface area contributed by atoms with Gasteiger partial charge in [0.05, 0.1) is 20.8 Å². The Morgan fingerprint density at radius 3 is 2.75 bits per heavy atom. The van der Waals surface area contributed by atoms with Gasteiger partial charge in [0.15, 0.2) is 0 Å². The Hall–Kier alpha value is -1.14. The third-order valence-electron chi connectivity index (χ3n) is 4.35. The van der Waals surface area contributed by atoms with Crippen molar-refractivity contribution in [3.8, 4) is 0 Å². The standard InChI is InChI=1S/C14H13F3N2S/c15-14(16,17)7-1-4-12-11(5-7)19-13(20-12)9-6-8-2-3-10(9)18-8/h1,4-5,8-10,18H,2-3,6H2. The van der Waals surface area contributed by atoms with E-state index in [4.69, 9.17) is 0 Å². The fourth-order valence-electron chi connectivity index (χ4n) is 3.38. The lowest BCUT2D eigenvalue weighted by Gasteiger charge is -2.16. The third-order valence-corrected chi connectivity index (χ3v) is 5.52. The molecule has 0 spiro atoms. The molecule has 0 aliphatic carbocycles. The Labute approximate surface area is 118 Å². The first kappa shape index (κ1) is 12.6. The van der Waals surface area contributed by atoms with E-state index >= 15 is 0 Å². The van der Waals surface area contributed by atoms with Crippen molar-refractivity contribution in [2.75, 3.05) is 0 Å². The predicted molar refractivity (Wildman–Crippen MR) is 71.9 cm³/mol. The highest BCUT2D eigenvalue weighted by Gasteiger charge is 2.41. The Morgan fingerprint density at radius 2 is 2.10 bits per heavy atom. The Balaban J connectivity index is 1.72. The second-order valence-corrected chi connectivity index (χ2v) is 6.68. The van der Waals surface area contributed by atoms with Crippen molar-refractivity contribution >= 4 is 21.6 Å². The summed E-state index contributed by atoms with van der Waals surface area (Å²) in [7, 11) is 0. The monoisotopic (exact) mass is 298 g/mol. The first-order valence-corrected chi connectivity index (χ1v) is 7.56. The summed E-state index contributed by atoms with van der Waals surface area (Å²) in [5.41, 5.74) is -0.143. The van der Waals surface area contributed by atoms with E-state index in [-0.39, 0.29) is 0 Å². The minimum Gasteiger partial charge on any atom is -0.311 e. The number of thiazole rings is 1. The zero-order valence-corrected chi connectivity index (χ0v) is 11.4. The molecule has 2 nitrogen and oxygen atoms in total. The zero-order valence-electron chi connectivity index (χ0n) is 10.6. The fraction of sp³-hybridized carbons (Fsp3) is 0.500. The molecule has 4 rings (SSSR count). The summed E-state index contributed by atoms with van der Waals surface area (Å²) in [5, 5.41) is 4.53. The van der Waals surface area contributed by atoms with Crippen LogP contribution in [0.25, 0.3) is 10.2 Å². The molecule has 3 heterocycles. The van der Waals surface area contributed by atoms with E-state index in [1.807, 2.05) is 0 Å². The minimum absolute atomic E-state index is 0.375. The molecule has 2 aliphatic heterocycles. The molecule has 2 aromatic rings. The van der Waals surface area contributed by atoms with Crippen molar-refractivity contribution in [2.24, 2.45) is 0 Å². The average Bonchev–Trinajstić information content (AvgIpc) is 3.10. The van der Waals surface area contributed by atoms with Crippen LogP contribution in [0.1, 0.15) is 35.8 Å². The maximum absolute atomic E-state index is 12.7. The van der Waals surface area contributed by atoms with Gasteiger partial charge in [0.25, 0.3) is 0 Å². The summed E-state index contributed by atoms with van der Waals surface area (Å²) >= 11 is 1.54. The maximum atomic E-state index is 12.7. The highest BCUT2D eigenvalue weighted by Crippen LogP contribution is 2.43. The van der Waals surface area contributed by atoms with Gasteiger partial charge < -0.3 is 5.32 Å². The molecule has 0 radical (unpaired) electrons. The van der Waals surface area contributed by atoms with E-state index in [1.54, 1.807) is 6.07 Å². The molecule has 2 saturated heterocycles. The van der Waals surface area contributed by atoms with Crippen LogP contribution in [0, 0.1) is 0 Å². The highest BCUT2D eigenvalue weighted by atomic mass is 32.1. The number of halogens is 3. The molecule has 2 fully saturated rings. The van der Waals surface area contributed by atoms with Crippen LogP contribution in [0.5, 0.6) is 0 Å². The van der Waals surface area contributed by atoms with Gasteiger partial charge in [-0.3, -0.25) is 0 Å². The van der Waals surface area contributed by atoms with Crippen molar-refractivity contribution in [1.82, 2.24) is 10.3 Å². The summed E-state index contributed by atoms with van der Waals surface area (Å²) < 4.78 is 39.0. The molecule has 1 aromatic heterocycles. The third kappa shape index (κ3) is 1.93. The molecule has 0 saturated carbocycles. The van der Waals surface area contributed by atoms with E-state index in [0.29, 0.717) is 23.5 Å². The second kappa shape index (κ2) is 4.18. The van der Waals surface area contributed by atoms with Crippen molar-refractivity contribution in [3.63, 3.8) is 0 Å². The van der Waals surface area contributed by atoms with Crippen LogP contribution >= 0.6 is 11.3 Å². The van der Waals surface area contributed by atoms with Crippen LogP contribution in [-0.2, 0) is 6.18 Å². The highest BCUT2D eigenvalue weighted by molar-refractivity contribution is 7.18. The Bertz CT molecular complexity index is 664. The van der Waals surface area contributed by atoms with E-state index in [0.717, 1.165) is 34.7 Å². The quantitative estimate of drug-likeness (QED) is 0.863. The van der Waals surface area contributed by atoms with Crippen molar-refractivity contribution < 1.29 is 13.2 Å². The fourth-order valence-corrected chi connectivity index (χ4v) is 4.50. The summed E-state index contributed by atoms with van der Waals surface area (Å²) in [6.07, 6.45) is -0.869. The average molecular weight is 298 g/mol. The largest absolute Gasteiger partial charge is 0.416 e. The molecule has 106 valence electrons. The SMILES string of the molecule is FC(F)(F)c1ccc2sc(C3CC4CCC3N4)nc2c1. The summed E-state index contributed by atoms with van der Waals surface area (Å²) in [4.78, 5) is 4.47. The summed E-state index contributed by atoms with van der Waals surface area (Å²) in [6.45, 7) is 0. The van der Waals surface area contributed by atoms with E-state index in [1.165, 1.54) is 17.8 Å². The molecular formula is C14H13F3N2S. The number of rotatable bonds is 1. The van der Waals surface area contributed by atoms with Crippen LogP contribution in [-0.4, -0.2) is 17.1 Å². The molecule has 1 N–H and O–H groups in total. The van der Waals surface area contributed by atoms with Crippen LogP contribution in [0.4, 0.5) is 13.2 Å². The van der Waals surface area contributed by atoms with E-state index < -0.39 is 11.7 Å². The number of fused-ring (bicyclic) bond motifs is 3. The van der Waals surface area contributed by atoms with Crippen molar-refractivity contribution in [3.05, 3.63) is 28.8 Å². The van der Waals surface area contributed by atoms with E-state index in [9.17, 15) is 13.2 Å². The molecule has 1 aromatic carbocycles. The molecule has 20 heavy (non-hydrogen) atoms. The van der Waals surface area contributed by atoms with Gasteiger partial charge in [-0.2, -0.15) is 13.2 Å². The number of hydrogen-bond acceptors (Lipinski definition) is 3. The minimum atomic E-state index is -4.30. The molecule has 2 bridgehead atoms. The first-order chi connectivity index (χ1) is 9.50. The maximum Gasteiger partial charge on any atom is 0.416 e. The van der Waals surface area contributed by atoms with Crippen LogP contribution in [0.3, 0.4) is 0 Å². The van der Waals surface area contributed by atoms with E-state index in [2.05, 4.69) is 10.3 Å². The van der Waals surface area contributed by atoms with Crippen LogP contribution in [0.2, 0.25) is 0 Å². The number of hydrogen-bond donors (Lipinski definition) is 1. The summed E-state index contributed by atoms with van der Waals surface area (Å²) in [6, 6.07) is 4.88. The van der Waals surface area contributed by atoms with Gasteiger partial charge in [-0.1, -0.05) is 0 Å². The molecule has 2 aliphatic rings. The van der Waals surface area contributed by atoms with Gasteiger partial charge in [-0.15, -0.1) is 11.3 Å². The van der Waals surface area contributed by atoms with Gasteiger partial charge in [-0.25, -0.2) is 4.98 Å². The molecular weight excluding hydrogens is 285 g/mol. The number of alkyl halides is 3. The van der Waals surface area contributed by atoms with Gasteiger partial charge in [0.1, 0.15) is 0 Å². The van der Waals surface area contributed by atoms with Crippen molar-refractivity contribution in [2.45, 2.75) is 43.4 Å². The molecule has 3 atom stereocenters. The number of benzene rings is 1. The number of nitrogens with zero attached hydrogens (tertiary/aromatic N) is 1. The van der Waals surface area contributed by atoms with Crippen LogP contribution < -0.4 is 5.32 Å². The normalized spacial score (nSPS) is 29.4. The molecule has 6 heteroatoms. The smallest absolute Gasteiger partial charge is 0.311 e. The van der Waals surface area contributed by atoms with Crippen LogP contribution in [0.15, 0.2) is 18.2 Å². The molecule has 0 amide bonds. The van der Waals surface area contributed by atoms with Gasteiger partial charge >= 0.3 is 6.18 Å². The van der Waals surface area contributed by atoms with Gasteiger partial charge in [0.2, 0.25) is 0 Å². The molecule has 3 unspecified atom stereocenters. The lowest BCUT2D eigenvalue weighted by molar-refractivity contribution is -0.137. The van der Waals surface area contributed by atoms with Gasteiger partial charge in [0, 0.05) is 18.0 Å². The predicted octanol–water partition coefficient (Wildman–Crippen LogP) is 3.92. The zero-order chi connectivity index (χ0) is 13.9. The topological polar surface area (TPSA) is 24.9 Å². The first-order valence-electron chi connectivity index (χ1n) is 6.74. The number of nitrogens with one attached hydrogen (secondary N) is 1. The van der Waals surface area contributed by atoms with Crippen molar-refractivity contribution in [1.29, 1.82) is 0 Å². The Morgan fingerprint density at radius 1 is 1.25 bits per heavy atom. The summed E-state index contributed by atoms with van der Waals surface area (Å²) in [5.74, 6) is 0.375. The number of aromatic nitrogens is 1. The van der Waals surface area contributed by atoms with Gasteiger partial charge in [-0.05, 0) is 37.5 Å². The lowest BCUT2D eigenvalue weighted by atomic mass is 9.90. The lowest BCUT2D eigenvalue weighted by Crippen LogP contribution is -2.21. The second-order valence-electron chi connectivity index (χ2n) is 5.62. The Kier molecular flexibility index (Phi) is 2.63.